The molecule has 1 rings (SSSR count). The molecule has 0 unspecified atom stereocenters. The van der Waals surface area contributed by atoms with Gasteiger partial charge < -0.3 is 5.32 Å². The summed E-state index contributed by atoms with van der Waals surface area (Å²) >= 11 is 5.75. The number of halogens is 1. The van der Waals surface area contributed by atoms with Gasteiger partial charge in [0.15, 0.2) is 0 Å². The van der Waals surface area contributed by atoms with Crippen LogP contribution in [0.4, 0.5) is 0 Å². The average molecular weight is 181 g/mol. The first-order chi connectivity index (χ1) is 5.77. The molecule has 0 bridgehead atoms. The highest BCUT2D eigenvalue weighted by Gasteiger charge is 1.99. The van der Waals surface area contributed by atoms with Crippen LogP contribution in [-0.4, -0.2) is 7.05 Å². The van der Waals surface area contributed by atoms with Gasteiger partial charge in [-0.2, -0.15) is 5.26 Å². The molecule has 0 aliphatic heterocycles. The van der Waals surface area contributed by atoms with Gasteiger partial charge in [0.1, 0.15) is 6.07 Å². The van der Waals surface area contributed by atoms with E-state index in [4.69, 9.17) is 16.9 Å². The van der Waals surface area contributed by atoms with Crippen LogP contribution < -0.4 is 5.32 Å². The highest BCUT2D eigenvalue weighted by molar-refractivity contribution is 6.31. The molecule has 0 aliphatic carbocycles. The lowest BCUT2D eigenvalue weighted by Crippen LogP contribution is -2.04. The minimum atomic E-state index is 0.511. The van der Waals surface area contributed by atoms with Crippen molar-refractivity contribution in [2.75, 3.05) is 7.05 Å². The Kier molecular flexibility index (Phi) is 3.09. The quantitative estimate of drug-likeness (QED) is 0.755. The average Bonchev–Trinajstić information content (AvgIpc) is 2.09. The minimum Gasteiger partial charge on any atom is -0.316 e. The normalized spacial score (nSPS) is 9.42. The third-order valence-electron chi connectivity index (χ3n) is 1.53. The van der Waals surface area contributed by atoms with Crippen LogP contribution in [0.15, 0.2) is 18.2 Å². The molecule has 3 heteroatoms. The maximum absolute atomic E-state index is 8.66. The van der Waals surface area contributed by atoms with E-state index in [9.17, 15) is 0 Å². The molecular weight excluding hydrogens is 172 g/mol. The van der Waals surface area contributed by atoms with Crippen molar-refractivity contribution in [2.45, 2.75) is 6.54 Å². The lowest BCUT2D eigenvalue weighted by atomic mass is 10.1. The summed E-state index contributed by atoms with van der Waals surface area (Å²) in [7, 11) is 1.86. The number of nitriles is 1. The number of nitrogens with zero attached hydrogens (tertiary/aromatic N) is 1. The van der Waals surface area contributed by atoms with Crippen LogP contribution in [0.25, 0.3) is 0 Å². The van der Waals surface area contributed by atoms with E-state index in [1.165, 1.54) is 0 Å². The first kappa shape index (κ1) is 9.05. The lowest BCUT2D eigenvalue weighted by Gasteiger charge is -2.00. The Hall–Kier alpha value is -1.04. The number of hydrogen-bond donors (Lipinski definition) is 1. The molecule has 0 saturated carbocycles. The third-order valence-corrected chi connectivity index (χ3v) is 1.86. The van der Waals surface area contributed by atoms with Crippen LogP contribution in [0.5, 0.6) is 0 Å². The fourth-order valence-electron chi connectivity index (χ4n) is 0.972. The summed E-state index contributed by atoms with van der Waals surface area (Å²) in [5.74, 6) is 0. The summed E-state index contributed by atoms with van der Waals surface area (Å²) in [4.78, 5) is 0. The van der Waals surface area contributed by atoms with E-state index < -0.39 is 0 Å². The van der Waals surface area contributed by atoms with E-state index in [2.05, 4.69) is 5.32 Å². The van der Waals surface area contributed by atoms with Gasteiger partial charge in [-0.1, -0.05) is 17.7 Å². The first-order valence-electron chi connectivity index (χ1n) is 3.61. The van der Waals surface area contributed by atoms with Crippen LogP contribution in [0.3, 0.4) is 0 Å². The van der Waals surface area contributed by atoms with E-state index in [1.807, 2.05) is 19.2 Å². The van der Waals surface area contributed by atoms with Crippen molar-refractivity contribution in [1.29, 1.82) is 5.26 Å². The summed E-state index contributed by atoms with van der Waals surface area (Å²) in [5, 5.41) is 12.2. The van der Waals surface area contributed by atoms with Crippen LogP contribution >= 0.6 is 11.6 Å². The Balaban J connectivity index is 2.99. The fourth-order valence-corrected chi connectivity index (χ4v) is 1.13. The Labute approximate surface area is 76.8 Å². The van der Waals surface area contributed by atoms with Gasteiger partial charge in [0, 0.05) is 6.54 Å². The first-order valence-corrected chi connectivity index (χ1v) is 3.99. The smallest absolute Gasteiger partial charge is 0.101 e. The number of nitrogens with one attached hydrogen (secondary N) is 1. The Morgan fingerprint density at radius 2 is 2.33 bits per heavy atom. The third kappa shape index (κ3) is 1.97. The molecule has 2 nitrogen and oxygen atoms in total. The van der Waals surface area contributed by atoms with Gasteiger partial charge in [-0.05, 0) is 24.7 Å². The van der Waals surface area contributed by atoms with Crippen LogP contribution in [0.1, 0.15) is 11.1 Å². The van der Waals surface area contributed by atoms with E-state index in [1.54, 1.807) is 12.1 Å². The molecule has 0 atom stereocenters. The summed E-state index contributed by atoms with van der Waals surface area (Å²) in [6.07, 6.45) is 0. The van der Waals surface area contributed by atoms with Crippen molar-refractivity contribution in [3.63, 3.8) is 0 Å². The molecule has 0 fully saturated rings. The molecule has 0 aromatic heterocycles. The standard InChI is InChI=1S/C9H9ClN2/c1-12-6-7-2-3-9(10)8(4-7)5-11/h2-4,12H,6H2,1H3. The Morgan fingerprint density at radius 1 is 1.58 bits per heavy atom. The van der Waals surface area contributed by atoms with Crippen molar-refractivity contribution < 1.29 is 0 Å². The van der Waals surface area contributed by atoms with E-state index in [0.29, 0.717) is 10.6 Å². The van der Waals surface area contributed by atoms with Crippen molar-refractivity contribution in [1.82, 2.24) is 5.32 Å². The van der Waals surface area contributed by atoms with Crippen LogP contribution in [0.2, 0.25) is 5.02 Å². The maximum atomic E-state index is 8.66. The fraction of sp³-hybridized carbons (Fsp3) is 0.222. The summed E-state index contributed by atoms with van der Waals surface area (Å²) in [5.41, 5.74) is 1.60. The summed E-state index contributed by atoms with van der Waals surface area (Å²) in [6, 6.07) is 7.47. The van der Waals surface area contributed by atoms with Gasteiger partial charge in [-0.3, -0.25) is 0 Å². The molecule has 62 valence electrons. The monoisotopic (exact) mass is 180 g/mol. The molecule has 0 amide bonds. The van der Waals surface area contributed by atoms with E-state index in [0.717, 1.165) is 12.1 Å². The second-order valence-electron chi connectivity index (χ2n) is 2.46. The Morgan fingerprint density at radius 3 is 2.92 bits per heavy atom. The summed E-state index contributed by atoms with van der Waals surface area (Å²) in [6.45, 7) is 0.756. The number of benzene rings is 1. The second kappa shape index (κ2) is 4.10. The van der Waals surface area contributed by atoms with Crippen molar-refractivity contribution in [3.8, 4) is 6.07 Å². The van der Waals surface area contributed by atoms with Gasteiger partial charge in [0.25, 0.3) is 0 Å². The molecule has 0 aliphatic rings. The van der Waals surface area contributed by atoms with Gasteiger partial charge >= 0.3 is 0 Å². The van der Waals surface area contributed by atoms with Crippen molar-refractivity contribution in [2.24, 2.45) is 0 Å². The van der Waals surface area contributed by atoms with E-state index in [-0.39, 0.29) is 0 Å². The maximum Gasteiger partial charge on any atom is 0.101 e. The molecule has 1 aromatic rings. The number of rotatable bonds is 2. The molecule has 1 aromatic carbocycles. The second-order valence-corrected chi connectivity index (χ2v) is 2.86. The molecule has 0 spiro atoms. The topological polar surface area (TPSA) is 35.8 Å². The van der Waals surface area contributed by atoms with Gasteiger partial charge in [0.05, 0.1) is 10.6 Å². The van der Waals surface area contributed by atoms with Gasteiger partial charge in [-0.15, -0.1) is 0 Å². The zero-order valence-corrected chi connectivity index (χ0v) is 7.52. The predicted octanol–water partition coefficient (Wildman–Crippen LogP) is 1.93. The van der Waals surface area contributed by atoms with Crippen molar-refractivity contribution in [3.05, 3.63) is 34.3 Å². The minimum absolute atomic E-state index is 0.511. The van der Waals surface area contributed by atoms with Crippen LogP contribution in [0, 0.1) is 11.3 Å². The molecule has 0 saturated heterocycles. The SMILES string of the molecule is CNCc1ccc(Cl)c(C#N)c1. The molecular formula is C9H9ClN2. The van der Waals surface area contributed by atoms with Crippen LogP contribution in [-0.2, 0) is 6.54 Å². The van der Waals surface area contributed by atoms with Gasteiger partial charge in [0.2, 0.25) is 0 Å². The van der Waals surface area contributed by atoms with Gasteiger partial charge in [-0.25, -0.2) is 0 Å². The summed E-state index contributed by atoms with van der Waals surface area (Å²) < 4.78 is 0. The molecule has 1 N–H and O–H groups in total. The Bertz CT molecular complexity index is 315. The largest absolute Gasteiger partial charge is 0.316 e. The molecule has 12 heavy (non-hydrogen) atoms. The lowest BCUT2D eigenvalue weighted by molar-refractivity contribution is 0.817. The van der Waals surface area contributed by atoms with E-state index >= 15 is 0 Å². The predicted molar refractivity (Wildman–Crippen MR) is 48.9 cm³/mol. The number of hydrogen-bond acceptors (Lipinski definition) is 2. The molecule has 0 radical (unpaired) electrons. The van der Waals surface area contributed by atoms with Crippen molar-refractivity contribution >= 4 is 11.6 Å². The highest BCUT2D eigenvalue weighted by Crippen LogP contribution is 2.16. The zero-order chi connectivity index (χ0) is 8.97. The molecule has 0 heterocycles. The highest BCUT2D eigenvalue weighted by atomic mass is 35.5. The zero-order valence-electron chi connectivity index (χ0n) is 6.76.